The SMILES string of the molecule is CCc1cc(OC)c(OC)cc1C1(C(=O)O)CCCCC1. The lowest BCUT2D eigenvalue weighted by Gasteiger charge is -2.35. The fourth-order valence-electron chi connectivity index (χ4n) is 3.41. The Hall–Kier alpha value is -1.71. The molecule has 0 spiro atoms. The van der Waals surface area contributed by atoms with Crippen molar-refractivity contribution in [3.05, 3.63) is 23.3 Å². The summed E-state index contributed by atoms with van der Waals surface area (Å²) in [5, 5.41) is 9.88. The number of carbonyl (C=O) groups is 1. The highest BCUT2D eigenvalue weighted by Crippen LogP contribution is 2.44. The first-order valence-corrected chi connectivity index (χ1v) is 7.57. The van der Waals surface area contributed by atoms with Crippen LogP contribution in [0.5, 0.6) is 11.5 Å². The van der Waals surface area contributed by atoms with E-state index in [9.17, 15) is 9.90 Å². The first-order valence-electron chi connectivity index (χ1n) is 7.57. The lowest BCUT2D eigenvalue weighted by atomic mass is 9.68. The molecule has 1 aliphatic carbocycles. The van der Waals surface area contributed by atoms with Crippen molar-refractivity contribution in [3.63, 3.8) is 0 Å². The quantitative estimate of drug-likeness (QED) is 0.901. The Morgan fingerprint density at radius 3 is 2.19 bits per heavy atom. The van der Waals surface area contributed by atoms with Gasteiger partial charge in [-0.1, -0.05) is 26.2 Å². The summed E-state index contributed by atoms with van der Waals surface area (Å²) in [6, 6.07) is 3.80. The summed E-state index contributed by atoms with van der Waals surface area (Å²) in [5.74, 6) is 0.550. The highest BCUT2D eigenvalue weighted by atomic mass is 16.5. The summed E-state index contributed by atoms with van der Waals surface area (Å²) in [7, 11) is 3.19. The molecule has 4 heteroatoms. The van der Waals surface area contributed by atoms with E-state index in [0.717, 1.165) is 36.8 Å². The number of hydrogen-bond acceptors (Lipinski definition) is 3. The van der Waals surface area contributed by atoms with Gasteiger partial charge in [-0.25, -0.2) is 0 Å². The second kappa shape index (κ2) is 6.37. The van der Waals surface area contributed by atoms with E-state index in [0.29, 0.717) is 24.3 Å². The van der Waals surface area contributed by atoms with E-state index < -0.39 is 11.4 Å². The van der Waals surface area contributed by atoms with E-state index in [1.54, 1.807) is 14.2 Å². The molecule has 1 aromatic rings. The van der Waals surface area contributed by atoms with E-state index in [-0.39, 0.29) is 0 Å². The Kier molecular flexibility index (Phi) is 4.76. The molecule has 0 heterocycles. The van der Waals surface area contributed by atoms with Crippen LogP contribution in [0.3, 0.4) is 0 Å². The highest BCUT2D eigenvalue weighted by molar-refractivity contribution is 5.82. The molecule has 0 bridgehead atoms. The predicted molar refractivity (Wildman–Crippen MR) is 81.3 cm³/mol. The van der Waals surface area contributed by atoms with Crippen molar-refractivity contribution in [2.45, 2.75) is 50.9 Å². The van der Waals surface area contributed by atoms with Gasteiger partial charge in [0.15, 0.2) is 11.5 Å². The van der Waals surface area contributed by atoms with Gasteiger partial charge in [-0.15, -0.1) is 0 Å². The molecule has 0 radical (unpaired) electrons. The molecule has 116 valence electrons. The number of hydrogen-bond donors (Lipinski definition) is 1. The minimum Gasteiger partial charge on any atom is -0.493 e. The van der Waals surface area contributed by atoms with E-state index in [1.807, 2.05) is 19.1 Å². The van der Waals surface area contributed by atoms with E-state index in [4.69, 9.17) is 9.47 Å². The first-order chi connectivity index (χ1) is 10.1. The molecule has 1 aliphatic rings. The van der Waals surface area contributed by atoms with Crippen molar-refractivity contribution < 1.29 is 19.4 Å². The number of carboxylic acid groups (broad SMARTS) is 1. The van der Waals surface area contributed by atoms with Gasteiger partial charge in [0.25, 0.3) is 0 Å². The zero-order valence-corrected chi connectivity index (χ0v) is 13.1. The monoisotopic (exact) mass is 292 g/mol. The smallest absolute Gasteiger partial charge is 0.314 e. The van der Waals surface area contributed by atoms with Crippen LogP contribution in [0.15, 0.2) is 12.1 Å². The molecule has 1 aromatic carbocycles. The molecule has 0 saturated heterocycles. The van der Waals surface area contributed by atoms with Gasteiger partial charge in [0.2, 0.25) is 0 Å². The standard InChI is InChI=1S/C17H24O4/c1-4-12-10-14(20-2)15(21-3)11-13(12)17(16(18)19)8-6-5-7-9-17/h10-11H,4-9H2,1-3H3,(H,18,19). The zero-order valence-electron chi connectivity index (χ0n) is 13.1. The summed E-state index contributed by atoms with van der Waals surface area (Å²) < 4.78 is 10.7. The van der Waals surface area contributed by atoms with Crippen LogP contribution >= 0.6 is 0 Å². The lowest BCUT2D eigenvalue weighted by molar-refractivity contribution is -0.145. The largest absolute Gasteiger partial charge is 0.493 e. The van der Waals surface area contributed by atoms with Crippen LogP contribution in [0.4, 0.5) is 0 Å². The molecule has 21 heavy (non-hydrogen) atoms. The predicted octanol–water partition coefficient (Wildman–Crippen LogP) is 3.55. The van der Waals surface area contributed by atoms with E-state index in [2.05, 4.69) is 0 Å². The third-order valence-corrected chi connectivity index (χ3v) is 4.62. The number of aryl methyl sites for hydroxylation is 1. The average molecular weight is 292 g/mol. The Morgan fingerprint density at radius 2 is 1.71 bits per heavy atom. The number of ether oxygens (including phenoxy) is 2. The van der Waals surface area contributed by atoms with Gasteiger partial charge in [-0.3, -0.25) is 4.79 Å². The van der Waals surface area contributed by atoms with Gasteiger partial charge >= 0.3 is 5.97 Å². The van der Waals surface area contributed by atoms with Gasteiger partial charge in [0.1, 0.15) is 0 Å². The van der Waals surface area contributed by atoms with Crippen molar-refractivity contribution in [1.29, 1.82) is 0 Å². The maximum Gasteiger partial charge on any atom is 0.314 e. The summed E-state index contributed by atoms with van der Waals surface area (Å²) >= 11 is 0. The van der Waals surface area contributed by atoms with Crippen LogP contribution in [0, 0.1) is 0 Å². The van der Waals surface area contributed by atoms with Gasteiger partial charge in [-0.05, 0) is 42.5 Å². The third kappa shape index (κ3) is 2.71. The van der Waals surface area contributed by atoms with Crippen LogP contribution in [-0.4, -0.2) is 25.3 Å². The number of benzene rings is 1. The minimum absolute atomic E-state index is 0.607. The van der Waals surface area contributed by atoms with Crippen molar-refractivity contribution in [3.8, 4) is 11.5 Å². The fraction of sp³-hybridized carbons (Fsp3) is 0.588. The maximum absolute atomic E-state index is 12.0. The van der Waals surface area contributed by atoms with Gasteiger partial charge in [-0.2, -0.15) is 0 Å². The van der Waals surface area contributed by atoms with Gasteiger partial charge in [0, 0.05) is 0 Å². The molecule has 0 aliphatic heterocycles. The van der Waals surface area contributed by atoms with E-state index >= 15 is 0 Å². The Labute approximate surface area is 126 Å². The fourth-order valence-corrected chi connectivity index (χ4v) is 3.41. The second-order valence-electron chi connectivity index (χ2n) is 5.67. The second-order valence-corrected chi connectivity index (χ2v) is 5.67. The van der Waals surface area contributed by atoms with Crippen LogP contribution < -0.4 is 9.47 Å². The average Bonchev–Trinajstić information content (AvgIpc) is 2.53. The molecule has 1 N–H and O–H groups in total. The Balaban J connectivity index is 2.61. The van der Waals surface area contributed by atoms with Gasteiger partial charge in [0.05, 0.1) is 19.6 Å². The molecule has 0 unspecified atom stereocenters. The number of aliphatic carboxylic acids is 1. The molecule has 1 fully saturated rings. The van der Waals surface area contributed by atoms with Crippen molar-refractivity contribution in [1.82, 2.24) is 0 Å². The van der Waals surface area contributed by atoms with Crippen LogP contribution in [0.1, 0.15) is 50.2 Å². The Bertz CT molecular complexity index is 516. The molecule has 1 saturated carbocycles. The molecular formula is C17H24O4. The summed E-state index contributed by atoms with van der Waals surface area (Å²) in [6.07, 6.45) is 5.22. The van der Waals surface area contributed by atoms with E-state index in [1.165, 1.54) is 0 Å². The number of carboxylic acids is 1. The molecule has 4 nitrogen and oxygen atoms in total. The normalized spacial score (nSPS) is 17.3. The third-order valence-electron chi connectivity index (χ3n) is 4.62. The van der Waals surface area contributed by atoms with Crippen LogP contribution in [0.2, 0.25) is 0 Å². The molecule has 2 rings (SSSR count). The molecule has 0 amide bonds. The van der Waals surface area contributed by atoms with Gasteiger partial charge < -0.3 is 14.6 Å². The highest BCUT2D eigenvalue weighted by Gasteiger charge is 2.43. The van der Waals surface area contributed by atoms with Crippen LogP contribution in [0.25, 0.3) is 0 Å². The van der Waals surface area contributed by atoms with Crippen LogP contribution in [-0.2, 0) is 16.6 Å². The van der Waals surface area contributed by atoms with Crippen molar-refractivity contribution in [2.75, 3.05) is 14.2 Å². The minimum atomic E-state index is -0.775. The molecule has 0 aromatic heterocycles. The molecule has 0 atom stereocenters. The van der Waals surface area contributed by atoms with Crippen molar-refractivity contribution >= 4 is 5.97 Å². The number of rotatable bonds is 5. The summed E-state index contributed by atoms with van der Waals surface area (Å²) in [4.78, 5) is 12.0. The topological polar surface area (TPSA) is 55.8 Å². The van der Waals surface area contributed by atoms with Crippen molar-refractivity contribution in [2.24, 2.45) is 0 Å². The zero-order chi connectivity index (χ0) is 15.5. The number of methoxy groups -OCH3 is 2. The lowest BCUT2D eigenvalue weighted by Crippen LogP contribution is -2.38. The first kappa shape index (κ1) is 15.7. The molecular weight excluding hydrogens is 268 g/mol. The Morgan fingerprint density at radius 1 is 1.14 bits per heavy atom. The summed E-state index contributed by atoms with van der Waals surface area (Å²) in [5.41, 5.74) is 1.16. The maximum atomic E-state index is 12.0. The summed E-state index contributed by atoms with van der Waals surface area (Å²) in [6.45, 7) is 2.04.